The lowest BCUT2D eigenvalue weighted by Gasteiger charge is -2.14. The van der Waals surface area contributed by atoms with E-state index in [-0.39, 0.29) is 11.2 Å². The lowest BCUT2D eigenvalue weighted by Crippen LogP contribution is -2.22. The Bertz CT molecular complexity index is 892. The maximum Gasteiger partial charge on any atom is 0.237 e. The average Bonchev–Trinajstić information content (AvgIpc) is 2.57. The van der Waals surface area contributed by atoms with Gasteiger partial charge in [-0.25, -0.2) is 0 Å². The van der Waals surface area contributed by atoms with Gasteiger partial charge in [0.2, 0.25) is 5.91 Å². The van der Waals surface area contributed by atoms with Crippen LogP contribution in [0.5, 0.6) is 0 Å². The van der Waals surface area contributed by atoms with E-state index in [0.29, 0.717) is 0 Å². The molecule has 0 spiro atoms. The minimum atomic E-state index is -0.219. The molecule has 1 unspecified atom stereocenters. The van der Waals surface area contributed by atoms with Crippen molar-refractivity contribution in [1.29, 1.82) is 0 Å². The van der Waals surface area contributed by atoms with Gasteiger partial charge in [-0.3, -0.25) is 9.78 Å². The fraction of sp³-hybridized carbons (Fsp3) is 0.158. The summed E-state index contributed by atoms with van der Waals surface area (Å²) in [6.45, 7) is 3.93. The van der Waals surface area contributed by atoms with Crippen molar-refractivity contribution in [2.24, 2.45) is 0 Å². The highest BCUT2D eigenvalue weighted by Gasteiger charge is 2.17. The third-order valence-corrected chi connectivity index (χ3v) is 5.50. The van der Waals surface area contributed by atoms with E-state index in [1.165, 1.54) is 0 Å². The Morgan fingerprint density at radius 1 is 1.21 bits per heavy atom. The molecule has 3 rings (SSSR count). The molecule has 3 nitrogen and oxygen atoms in total. The molecule has 3 aromatic rings. The number of carbonyl (C=O) groups excluding carboxylic acids is 1. The predicted molar refractivity (Wildman–Crippen MR) is 105 cm³/mol. The second-order valence-corrected chi connectivity index (χ2v) is 7.80. The highest BCUT2D eigenvalue weighted by molar-refractivity contribution is 9.10. The third kappa shape index (κ3) is 3.79. The molecule has 0 fully saturated rings. The number of rotatable bonds is 4. The van der Waals surface area contributed by atoms with Crippen LogP contribution in [0.4, 0.5) is 5.69 Å². The van der Waals surface area contributed by atoms with E-state index in [9.17, 15) is 4.79 Å². The number of anilines is 1. The molecule has 0 aliphatic heterocycles. The Hall–Kier alpha value is -1.85. The van der Waals surface area contributed by atoms with Crippen molar-refractivity contribution in [1.82, 2.24) is 4.98 Å². The van der Waals surface area contributed by atoms with Crippen LogP contribution < -0.4 is 5.32 Å². The van der Waals surface area contributed by atoms with Crippen LogP contribution in [0.2, 0.25) is 0 Å². The van der Waals surface area contributed by atoms with Crippen molar-refractivity contribution in [3.8, 4) is 0 Å². The monoisotopic (exact) mass is 400 g/mol. The van der Waals surface area contributed by atoms with Gasteiger partial charge in [-0.05, 0) is 59.6 Å². The van der Waals surface area contributed by atoms with Crippen molar-refractivity contribution in [3.05, 3.63) is 64.8 Å². The number of aromatic nitrogens is 1. The summed E-state index contributed by atoms with van der Waals surface area (Å²) in [5.74, 6) is -0.0227. The van der Waals surface area contributed by atoms with Crippen molar-refractivity contribution >= 4 is 50.2 Å². The Morgan fingerprint density at radius 2 is 2.00 bits per heavy atom. The first kappa shape index (κ1) is 17.0. The molecule has 0 saturated heterocycles. The second-order valence-electron chi connectivity index (χ2n) is 5.56. The smallest absolute Gasteiger partial charge is 0.237 e. The van der Waals surface area contributed by atoms with Gasteiger partial charge in [0, 0.05) is 21.0 Å². The summed E-state index contributed by atoms with van der Waals surface area (Å²) in [7, 11) is 0. The molecule has 1 aromatic heterocycles. The summed E-state index contributed by atoms with van der Waals surface area (Å²) in [5, 5.41) is 3.84. The Kier molecular flexibility index (Phi) is 5.21. The highest BCUT2D eigenvalue weighted by atomic mass is 79.9. The number of hydrogen-bond donors (Lipinski definition) is 1. The first-order chi connectivity index (χ1) is 11.5. The number of nitrogens with zero attached hydrogens (tertiary/aromatic N) is 1. The van der Waals surface area contributed by atoms with E-state index in [0.717, 1.165) is 31.5 Å². The Morgan fingerprint density at radius 3 is 2.79 bits per heavy atom. The van der Waals surface area contributed by atoms with Gasteiger partial charge in [-0.15, -0.1) is 11.8 Å². The molecule has 0 aliphatic carbocycles. The van der Waals surface area contributed by atoms with E-state index in [1.807, 2.05) is 62.4 Å². The van der Waals surface area contributed by atoms with Crippen LogP contribution in [-0.2, 0) is 4.79 Å². The van der Waals surface area contributed by atoms with Gasteiger partial charge >= 0.3 is 0 Å². The summed E-state index contributed by atoms with van der Waals surface area (Å²) < 4.78 is 0.891. The maximum absolute atomic E-state index is 12.5. The summed E-state index contributed by atoms with van der Waals surface area (Å²) >= 11 is 5.04. The first-order valence-corrected chi connectivity index (χ1v) is 9.29. The van der Waals surface area contributed by atoms with Gasteiger partial charge < -0.3 is 5.32 Å². The lowest BCUT2D eigenvalue weighted by molar-refractivity contribution is -0.115. The van der Waals surface area contributed by atoms with Gasteiger partial charge in [0.15, 0.2) is 0 Å². The SMILES string of the molecule is Cc1ccc(NC(=O)C(C)Sc2ccnc3ccccc23)c(Br)c1. The largest absolute Gasteiger partial charge is 0.324 e. The molecule has 2 aromatic carbocycles. The predicted octanol–water partition coefficient (Wildman–Crippen LogP) is 5.43. The molecule has 0 saturated carbocycles. The summed E-state index contributed by atoms with van der Waals surface area (Å²) in [6, 6.07) is 15.8. The minimum Gasteiger partial charge on any atom is -0.324 e. The first-order valence-electron chi connectivity index (χ1n) is 7.62. The third-order valence-electron chi connectivity index (χ3n) is 3.66. The van der Waals surface area contributed by atoms with Gasteiger partial charge in [0.05, 0.1) is 16.5 Å². The van der Waals surface area contributed by atoms with E-state index in [2.05, 4.69) is 26.2 Å². The number of thioether (sulfide) groups is 1. The number of nitrogens with one attached hydrogen (secondary N) is 1. The van der Waals surface area contributed by atoms with Crippen LogP contribution in [0, 0.1) is 6.92 Å². The number of fused-ring (bicyclic) bond motifs is 1. The number of para-hydroxylation sites is 1. The fourth-order valence-electron chi connectivity index (χ4n) is 2.37. The summed E-state index contributed by atoms with van der Waals surface area (Å²) in [6.07, 6.45) is 1.78. The zero-order valence-electron chi connectivity index (χ0n) is 13.4. The van der Waals surface area contributed by atoms with Crippen LogP contribution >= 0.6 is 27.7 Å². The summed E-state index contributed by atoms with van der Waals surface area (Å²) in [4.78, 5) is 17.9. The number of carbonyl (C=O) groups is 1. The second kappa shape index (κ2) is 7.36. The Balaban J connectivity index is 1.76. The maximum atomic E-state index is 12.5. The normalized spacial score (nSPS) is 12.1. The van der Waals surface area contributed by atoms with Crippen LogP contribution in [0.15, 0.2) is 64.1 Å². The lowest BCUT2D eigenvalue weighted by atomic mass is 10.2. The molecular formula is C19H17BrN2OS. The number of benzene rings is 2. The van der Waals surface area contributed by atoms with E-state index in [4.69, 9.17) is 0 Å². The van der Waals surface area contributed by atoms with Crippen molar-refractivity contribution in [2.75, 3.05) is 5.32 Å². The molecule has 122 valence electrons. The Labute approximate surface area is 154 Å². The number of amides is 1. The molecule has 1 amide bonds. The van der Waals surface area contributed by atoms with Crippen LogP contribution in [-0.4, -0.2) is 16.1 Å². The molecule has 0 radical (unpaired) electrons. The van der Waals surface area contributed by atoms with Crippen molar-refractivity contribution in [3.63, 3.8) is 0 Å². The topological polar surface area (TPSA) is 42.0 Å². The molecule has 1 N–H and O–H groups in total. The summed E-state index contributed by atoms with van der Waals surface area (Å²) in [5.41, 5.74) is 2.87. The molecule has 1 atom stereocenters. The van der Waals surface area contributed by atoms with E-state index in [1.54, 1.807) is 18.0 Å². The highest BCUT2D eigenvalue weighted by Crippen LogP contribution is 2.31. The van der Waals surface area contributed by atoms with E-state index < -0.39 is 0 Å². The van der Waals surface area contributed by atoms with Crippen molar-refractivity contribution in [2.45, 2.75) is 24.0 Å². The molecular weight excluding hydrogens is 384 g/mol. The zero-order chi connectivity index (χ0) is 17.1. The van der Waals surface area contributed by atoms with Gasteiger partial charge in [-0.2, -0.15) is 0 Å². The molecule has 24 heavy (non-hydrogen) atoms. The number of aryl methyl sites for hydroxylation is 1. The molecule has 1 heterocycles. The minimum absolute atomic E-state index is 0.0227. The van der Waals surface area contributed by atoms with Crippen LogP contribution in [0.3, 0.4) is 0 Å². The van der Waals surface area contributed by atoms with Gasteiger partial charge in [0.25, 0.3) is 0 Å². The zero-order valence-corrected chi connectivity index (χ0v) is 15.8. The number of pyridine rings is 1. The molecule has 0 aliphatic rings. The molecule has 5 heteroatoms. The van der Waals surface area contributed by atoms with Gasteiger partial charge in [-0.1, -0.05) is 24.3 Å². The average molecular weight is 401 g/mol. The molecule has 0 bridgehead atoms. The number of halogens is 1. The van der Waals surface area contributed by atoms with Crippen molar-refractivity contribution < 1.29 is 4.79 Å². The fourth-order valence-corrected chi connectivity index (χ4v) is 3.95. The van der Waals surface area contributed by atoms with E-state index >= 15 is 0 Å². The van der Waals surface area contributed by atoms with Crippen LogP contribution in [0.25, 0.3) is 10.9 Å². The number of hydrogen-bond acceptors (Lipinski definition) is 3. The van der Waals surface area contributed by atoms with Gasteiger partial charge in [0.1, 0.15) is 0 Å². The standard InChI is InChI=1S/C19H17BrN2OS/c1-12-7-8-17(15(20)11-12)22-19(23)13(2)24-18-9-10-21-16-6-4-3-5-14(16)18/h3-11,13H,1-2H3,(H,22,23). The quantitative estimate of drug-likeness (QED) is 0.593. The van der Waals surface area contributed by atoms with Crippen LogP contribution in [0.1, 0.15) is 12.5 Å².